The first kappa shape index (κ1) is 21.3. The van der Waals surface area contributed by atoms with E-state index in [1.807, 2.05) is 13.0 Å². The van der Waals surface area contributed by atoms with Crippen molar-refractivity contribution in [1.29, 1.82) is 0 Å². The van der Waals surface area contributed by atoms with E-state index in [4.69, 9.17) is 5.11 Å². The molecule has 0 bridgehead atoms. The van der Waals surface area contributed by atoms with Gasteiger partial charge in [-0.05, 0) is 55.4 Å². The molecule has 0 aromatic rings. The molecule has 1 saturated carbocycles. The number of alkyl halides is 6. The molecule has 2 aliphatic rings. The molecule has 0 aromatic heterocycles. The van der Waals surface area contributed by atoms with Gasteiger partial charge in [-0.25, -0.2) is 0 Å². The van der Waals surface area contributed by atoms with Crippen molar-refractivity contribution in [2.24, 2.45) is 17.3 Å². The number of rotatable bonds is 4. The minimum Gasteiger partial charge on any atom is -0.393 e. The Balaban J connectivity index is 2.13. The number of aliphatic hydroxyl groups excluding tert-OH is 1. The highest BCUT2D eigenvalue weighted by atomic mass is 19.4. The highest BCUT2D eigenvalue weighted by Crippen LogP contribution is 2.55. The zero-order valence-electron chi connectivity index (χ0n) is 14.7. The van der Waals surface area contributed by atoms with E-state index in [2.05, 4.69) is 0 Å². The second kappa shape index (κ2) is 6.86. The molecular weight excluding hydrogens is 362 g/mol. The molecule has 0 radical (unpaired) electrons. The molecule has 0 aromatic carbocycles. The lowest BCUT2D eigenvalue weighted by Crippen LogP contribution is -2.55. The molecule has 26 heavy (non-hydrogen) atoms. The van der Waals surface area contributed by atoms with Crippen LogP contribution in [0.4, 0.5) is 26.3 Å². The summed E-state index contributed by atoms with van der Waals surface area (Å²) >= 11 is 0. The third kappa shape index (κ3) is 3.54. The average Bonchev–Trinajstić information content (AvgIpc) is 2.83. The van der Waals surface area contributed by atoms with Crippen molar-refractivity contribution in [1.82, 2.24) is 0 Å². The first-order valence-electron chi connectivity index (χ1n) is 8.66. The molecule has 150 valence electrons. The van der Waals surface area contributed by atoms with Crippen LogP contribution in [-0.2, 0) is 0 Å². The number of allylic oxidation sites excluding steroid dienone is 3. The monoisotopic (exact) mass is 386 g/mol. The summed E-state index contributed by atoms with van der Waals surface area (Å²) in [5, 5.41) is 19.3. The molecule has 0 heterocycles. The van der Waals surface area contributed by atoms with Gasteiger partial charge < -0.3 is 10.2 Å². The maximum absolute atomic E-state index is 12.7. The van der Waals surface area contributed by atoms with Gasteiger partial charge in [0.15, 0.2) is 0 Å². The van der Waals surface area contributed by atoms with Crippen LogP contribution in [0.15, 0.2) is 23.8 Å². The standard InChI is InChI=1S/C18H24F6O2/c1-11(5-3-10-16(26,17(19,20)21)18(22,23)24)12-7-8-13-14(25)6-4-9-15(12,13)2/h3,7,10-11,13-14,25-26H,4-6,8-9H2,1-2H3/t11-,13+,14+,15-/m1/s1. The SMILES string of the molecule is C[C@H](CC=CC(O)(C(F)(F)F)C(F)(F)F)C1=CC[C@H]2[C@@H](O)CCC[C@]12C. The largest absolute Gasteiger partial charge is 0.429 e. The van der Waals surface area contributed by atoms with E-state index in [1.54, 1.807) is 6.92 Å². The molecule has 0 spiro atoms. The Morgan fingerprint density at radius 1 is 1.23 bits per heavy atom. The van der Waals surface area contributed by atoms with E-state index in [1.165, 1.54) is 0 Å². The number of aliphatic hydroxyl groups is 2. The Hall–Kier alpha value is -1.02. The lowest BCUT2D eigenvalue weighted by atomic mass is 9.63. The third-order valence-corrected chi connectivity index (χ3v) is 5.97. The Morgan fingerprint density at radius 3 is 2.35 bits per heavy atom. The normalized spacial score (nSPS) is 31.8. The second-order valence-corrected chi connectivity index (χ2v) is 7.68. The summed E-state index contributed by atoms with van der Waals surface area (Å²) in [6.07, 6.45) is -6.64. The summed E-state index contributed by atoms with van der Waals surface area (Å²) < 4.78 is 76.1. The molecule has 0 aliphatic heterocycles. The summed E-state index contributed by atoms with van der Waals surface area (Å²) in [5.41, 5.74) is -4.17. The van der Waals surface area contributed by atoms with Gasteiger partial charge in [-0.3, -0.25) is 0 Å². The predicted octanol–water partition coefficient (Wildman–Crippen LogP) is 4.92. The smallest absolute Gasteiger partial charge is 0.393 e. The fourth-order valence-corrected chi connectivity index (χ4v) is 4.44. The van der Waals surface area contributed by atoms with E-state index in [0.717, 1.165) is 24.5 Å². The van der Waals surface area contributed by atoms with Gasteiger partial charge >= 0.3 is 12.4 Å². The summed E-state index contributed by atoms with van der Waals surface area (Å²) in [7, 11) is 0. The summed E-state index contributed by atoms with van der Waals surface area (Å²) in [5.74, 6) is -0.239. The fourth-order valence-electron chi connectivity index (χ4n) is 4.44. The maximum Gasteiger partial charge on any atom is 0.429 e. The third-order valence-electron chi connectivity index (χ3n) is 5.97. The topological polar surface area (TPSA) is 40.5 Å². The summed E-state index contributed by atoms with van der Waals surface area (Å²) in [6, 6.07) is 0. The highest BCUT2D eigenvalue weighted by Gasteiger charge is 2.68. The highest BCUT2D eigenvalue weighted by molar-refractivity contribution is 5.27. The van der Waals surface area contributed by atoms with Gasteiger partial charge in [0.2, 0.25) is 0 Å². The molecule has 1 fully saturated rings. The van der Waals surface area contributed by atoms with Gasteiger partial charge in [-0.15, -0.1) is 0 Å². The Kier molecular flexibility index (Phi) is 5.61. The van der Waals surface area contributed by atoms with Crippen LogP contribution in [0.3, 0.4) is 0 Å². The van der Waals surface area contributed by atoms with Crippen LogP contribution >= 0.6 is 0 Å². The van der Waals surface area contributed by atoms with Crippen LogP contribution in [0.2, 0.25) is 0 Å². The zero-order chi connectivity index (χ0) is 20.0. The van der Waals surface area contributed by atoms with E-state index >= 15 is 0 Å². The molecular formula is C18H24F6O2. The van der Waals surface area contributed by atoms with Gasteiger partial charge in [0, 0.05) is 0 Å². The molecule has 4 atom stereocenters. The first-order valence-corrected chi connectivity index (χ1v) is 8.66. The van der Waals surface area contributed by atoms with Gasteiger partial charge in [-0.2, -0.15) is 26.3 Å². The summed E-state index contributed by atoms with van der Waals surface area (Å²) in [6.45, 7) is 3.74. The molecule has 0 unspecified atom stereocenters. The van der Waals surface area contributed by atoms with Gasteiger partial charge in [0.25, 0.3) is 5.60 Å². The quantitative estimate of drug-likeness (QED) is 0.532. The van der Waals surface area contributed by atoms with Crippen molar-refractivity contribution in [2.45, 2.75) is 70.0 Å². The Morgan fingerprint density at radius 2 is 1.81 bits per heavy atom. The van der Waals surface area contributed by atoms with Crippen molar-refractivity contribution in [3.63, 3.8) is 0 Å². The van der Waals surface area contributed by atoms with Crippen molar-refractivity contribution in [2.75, 3.05) is 0 Å². The number of hydrogen-bond donors (Lipinski definition) is 2. The second-order valence-electron chi connectivity index (χ2n) is 7.68. The van der Waals surface area contributed by atoms with Crippen LogP contribution in [0.25, 0.3) is 0 Å². The molecule has 0 saturated heterocycles. The number of halogens is 6. The van der Waals surface area contributed by atoms with Gasteiger partial charge in [-0.1, -0.05) is 31.6 Å². The van der Waals surface area contributed by atoms with E-state index in [-0.39, 0.29) is 29.7 Å². The van der Waals surface area contributed by atoms with Crippen LogP contribution in [0.5, 0.6) is 0 Å². The van der Waals surface area contributed by atoms with Crippen molar-refractivity contribution < 1.29 is 36.6 Å². The predicted molar refractivity (Wildman–Crippen MR) is 84.1 cm³/mol. The van der Waals surface area contributed by atoms with Crippen LogP contribution in [0.1, 0.15) is 46.0 Å². The molecule has 2 nitrogen and oxygen atoms in total. The molecule has 2 rings (SSSR count). The fraction of sp³-hybridized carbons (Fsp3) is 0.778. The molecule has 0 amide bonds. The van der Waals surface area contributed by atoms with Crippen LogP contribution in [-0.4, -0.2) is 34.3 Å². The average molecular weight is 386 g/mol. The van der Waals surface area contributed by atoms with Crippen LogP contribution in [0, 0.1) is 17.3 Å². The lowest BCUT2D eigenvalue weighted by molar-refractivity contribution is -0.347. The van der Waals surface area contributed by atoms with Crippen LogP contribution < -0.4 is 0 Å². The maximum atomic E-state index is 12.7. The first-order chi connectivity index (χ1) is 11.7. The number of hydrogen-bond acceptors (Lipinski definition) is 2. The molecule has 8 heteroatoms. The van der Waals surface area contributed by atoms with Gasteiger partial charge in [0.05, 0.1) is 6.10 Å². The van der Waals surface area contributed by atoms with Crippen molar-refractivity contribution in [3.8, 4) is 0 Å². The number of fused-ring (bicyclic) bond motifs is 1. The lowest BCUT2D eigenvalue weighted by Gasteiger charge is -2.43. The molecule has 2 aliphatic carbocycles. The Bertz CT molecular complexity index is 563. The van der Waals surface area contributed by atoms with E-state index in [9.17, 15) is 31.4 Å². The van der Waals surface area contributed by atoms with E-state index < -0.39 is 24.1 Å². The van der Waals surface area contributed by atoms with Crippen molar-refractivity contribution in [3.05, 3.63) is 23.8 Å². The zero-order valence-corrected chi connectivity index (χ0v) is 14.7. The minimum absolute atomic E-state index is 0.0416. The van der Waals surface area contributed by atoms with E-state index in [0.29, 0.717) is 12.8 Å². The Labute approximate surface area is 148 Å². The minimum atomic E-state index is -5.85. The van der Waals surface area contributed by atoms with Crippen molar-refractivity contribution >= 4 is 0 Å². The molecule has 2 N–H and O–H groups in total. The van der Waals surface area contributed by atoms with Gasteiger partial charge in [0.1, 0.15) is 0 Å². The summed E-state index contributed by atoms with van der Waals surface area (Å²) in [4.78, 5) is 0.